The number of rotatable bonds is 7. The number of carboxylic acid groups (broad SMARTS) is 1. The monoisotopic (exact) mass is 506 g/mol. The maximum absolute atomic E-state index is 13.2. The summed E-state index contributed by atoms with van der Waals surface area (Å²) in [6.07, 6.45) is -4.51. The second kappa shape index (κ2) is 9.79. The Morgan fingerprint density at radius 3 is 2.09 bits per heavy atom. The van der Waals surface area contributed by atoms with Gasteiger partial charge in [-0.2, -0.15) is 13.2 Å². The highest BCUT2D eigenvalue weighted by Gasteiger charge is 2.30. The van der Waals surface area contributed by atoms with Crippen molar-refractivity contribution >= 4 is 33.3 Å². The molecule has 3 rings (SSSR count). The summed E-state index contributed by atoms with van der Waals surface area (Å²) in [5, 5.41) is 11.9. The first-order valence-electron chi connectivity index (χ1n) is 10.3. The average Bonchev–Trinajstić information content (AvgIpc) is 2.80. The number of benzene rings is 3. The zero-order valence-corrected chi connectivity index (χ0v) is 19.4. The number of halogens is 3. The molecule has 0 heterocycles. The molecule has 0 bridgehead atoms. The predicted octanol–water partition coefficient (Wildman–Crippen LogP) is 5.18. The third-order valence-corrected chi connectivity index (χ3v) is 7.10. The molecule has 3 aromatic rings. The molecule has 0 atom stereocenters. The first kappa shape index (κ1) is 25.8. The molecule has 7 nitrogen and oxygen atoms in total. The van der Waals surface area contributed by atoms with Crippen LogP contribution in [0.25, 0.3) is 0 Å². The number of anilines is 2. The highest BCUT2D eigenvalue weighted by Crippen LogP contribution is 2.30. The lowest BCUT2D eigenvalue weighted by Crippen LogP contribution is -2.31. The number of carboxylic acids is 1. The molecule has 0 aliphatic rings. The number of carbonyl (C=O) groups excluding carboxylic acids is 1. The van der Waals surface area contributed by atoms with Crippen LogP contribution < -0.4 is 9.62 Å². The lowest BCUT2D eigenvalue weighted by Gasteiger charge is -2.23. The summed E-state index contributed by atoms with van der Waals surface area (Å²) in [5.74, 6) is -1.87. The summed E-state index contributed by atoms with van der Waals surface area (Å²) in [7, 11) is -4.08. The third-order valence-electron chi connectivity index (χ3n) is 5.20. The lowest BCUT2D eigenvalue weighted by molar-refractivity contribution is -0.137. The quantitative estimate of drug-likeness (QED) is 0.460. The molecule has 35 heavy (non-hydrogen) atoms. The van der Waals surface area contributed by atoms with Crippen LogP contribution in [0, 0.1) is 6.92 Å². The van der Waals surface area contributed by atoms with Gasteiger partial charge in [0.1, 0.15) is 0 Å². The summed E-state index contributed by atoms with van der Waals surface area (Å²) in [6, 6.07) is 13.4. The van der Waals surface area contributed by atoms with Crippen LogP contribution in [0.4, 0.5) is 24.5 Å². The zero-order chi connectivity index (χ0) is 26.0. The smallest absolute Gasteiger partial charge is 0.416 e. The van der Waals surface area contributed by atoms with Gasteiger partial charge in [0.25, 0.3) is 15.9 Å². The van der Waals surface area contributed by atoms with Crippen molar-refractivity contribution in [2.24, 2.45) is 0 Å². The van der Waals surface area contributed by atoms with Gasteiger partial charge in [-0.25, -0.2) is 13.2 Å². The first-order valence-corrected chi connectivity index (χ1v) is 11.7. The van der Waals surface area contributed by atoms with Crippen molar-refractivity contribution in [3.8, 4) is 0 Å². The minimum Gasteiger partial charge on any atom is -0.478 e. The van der Waals surface area contributed by atoms with Gasteiger partial charge in [-0.1, -0.05) is 6.07 Å². The molecule has 184 valence electrons. The van der Waals surface area contributed by atoms with Gasteiger partial charge >= 0.3 is 12.1 Å². The number of sulfonamides is 1. The molecule has 3 aromatic carbocycles. The van der Waals surface area contributed by atoms with E-state index in [9.17, 15) is 36.3 Å². The number of nitrogens with one attached hydrogen (secondary N) is 1. The predicted molar refractivity (Wildman–Crippen MR) is 124 cm³/mol. The van der Waals surface area contributed by atoms with Gasteiger partial charge in [-0.05, 0) is 80.1 Å². The average molecular weight is 507 g/mol. The fourth-order valence-corrected chi connectivity index (χ4v) is 4.84. The van der Waals surface area contributed by atoms with E-state index in [2.05, 4.69) is 5.32 Å². The molecule has 0 unspecified atom stereocenters. The first-order chi connectivity index (χ1) is 16.3. The van der Waals surface area contributed by atoms with E-state index in [1.807, 2.05) is 0 Å². The van der Waals surface area contributed by atoms with E-state index in [-0.39, 0.29) is 28.3 Å². The Morgan fingerprint density at radius 2 is 1.57 bits per heavy atom. The molecule has 0 spiro atoms. The molecule has 0 aromatic heterocycles. The molecule has 0 fully saturated rings. The molecule has 11 heteroatoms. The SMILES string of the molecule is CCN(c1ccc(NC(=O)c2ccc(C(F)(F)F)cc2)cc1)S(=O)(=O)c1ccc(C)c(C(=O)O)c1. The van der Waals surface area contributed by atoms with Crippen LogP contribution in [0.3, 0.4) is 0 Å². The minimum absolute atomic E-state index is 0.0217. The molecule has 0 saturated heterocycles. The van der Waals surface area contributed by atoms with E-state index in [1.54, 1.807) is 13.8 Å². The van der Waals surface area contributed by atoms with Gasteiger partial charge in [-0.3, -0.25) is 9.10 Å². The summed E-state index contributed by atoms with van der Waals surface area (Å²) in [4.78, 5) is 23.6. The summed E-state index contributed by atoms with van der Waals surface area (Å²) in [5.41, 5.74) is 0.0286. The molecule has 2 N–H and O–H groups in total. The van der Waals surface area contributed by atoms with Crippen LogP contribution in [-0.4, -0.2) is 31.9 Å². The normalized spacial score (nSPS) is 11.7. The van der Waals surface area contributed by atoms with E-state index in [0.29, 0.717) is 11.3 Å². The number of alkyl halides is 3. The van der Waals surface area contributed by atoms with Gasteiger partial charge in [0.2, 0.25) is 0 Å². The van der Waals surface area contributed by atoms with Crippen LogP contribution in [0.1, 0.15) is 38.8 Å². The van der Waals surface area contributed by atoms with Gasteiger partial charge in [0.15, 0.2) is 0 Å². The Balaban J connectivity index is 1.81. The van der Waals surface area contributed by atoms with Crippen LogP contribution >= 0.6 is 0 Å². The minimum atomic E-state index is -4.51. The Morgan fingerprint density at radius 1 is 0.971 bits per heavy atom. The topological polar surface area (TPSA) is 104 Å². The number of nitrogens with zero attached hydrogens (tertiary/aromatic N) is 1. The second-order valence-corrected chi connectivity index (χ2v) is 9.39. The number of aromatic carboxylic acids is 1. The van der Waals surface area contributed by atoms with Crippen molar-refractivity contribution in [2.45, 2.75) is 24.9 Å². The van der Waals surface area contributed by atoms with Crippen molar-refractivity contribution < 1.29 is 36.3 Å². The molecule has 0 saturated carbocycles. The number of amides is 1. The van der Waals surface area contributed by atoms with E-state index in [4.69, 9.17) is 0 Å². The number of carbonyl (C=O) groups is 2. The molecule has 0 aliphatic heterocycles. The van der Waals surface area contributed by atoms with Crippen molar-refractivity contribution in [3.63, 3.8) is 0 Å². The maximum Gasteiger partial charge on any atom is 0.416 e. The fraction of sp³-hybridized carbons (Fsp3) is 0.167. The largest absolute Gasteiger partial charge is 0.478 e. The van der Waals surface area contributed by atoms with E-state index in [0.717, 1.165) is 34.6 Å². The van der Waals surface area contributed by atoms with E-state index < -0.39 is 33.6 Å². The highest BCUT2D eigenvalue weighted by molar-refractivity contribution is 7.92. The number of aryl methyl sites for hydroxylation is 1. The molecular formula is C24H21F3N2O5S. The molecule has 0 aliphatic carbocycles. The Kier molecular flexibility index (Phi) is 7.20. The van der Waals surface area contributed by atoms with Crippen molar-refractivity contribution in [1.29, 1.82) is 0 Å². The Hall–Kier alpha value is -3.86. The van der Waals surface area contributed by atoms with Gasteiger partial charge in [-0.15, -0.1) is 0 Å². The van der Waals surface area contributed by atoms with Gasteiger partial charge in [0.05, 0.1) is 21.7 Å². The maximum atomic E-state index is 13.2. The second-order valence-electron chi connectivity index (χ2n) is 7.53. The molecular weight excluding hydrogens is 485 g/mol. The van der Waals surface area contributed by atoms with E-state index in [1.165, 1.54) is 36.4 Å². The van der Waals surface area contributed by atoms with Gasteiger partial charge in [0, 0.05) is 17.8 Å². The van der Waals surface area contributed by atoms with Crippen LogP contribution in [-0.2, 0) is 16.2 Å². The van der Waals surface area contributed by atoms with E-state index >= 15 is 0 Å². The summed E-state index contributed by atoms with van der Waals surface area (Å²) >= 11 is 0. The van der Waals surface area contributed by atoms with Crippen LogP contribution in [0.15, 0.2) is 71.6 Å². The van der Waals surface area contributed by atoms with Gasteiger partial charge < -0.3 is 10.4 Å². The zero-order valence-electron chi connectivity index (χ0n) is 18.6. The number of hydrogen-bond donors (Lipinski definition) is 2. The molecule has 1 amide bonds. The van der Waals surface area contributed by atoms with Crippen molar-refractivity contribution in [2.75, 3.05) is 16.2 Å². The summed E-state index contributed by atoms with van der Waals surface area (Å²) in [6.45, 7) is 3.23. The lowest BCUT2D eigenvalue weighted by atomic mass is 10.1. The Labute approximate surface area is 199 Å². The third kappa shape index (κ3) is 5.62. The van der Waals surface area contributed by atoms with Crippen LogP contribution in [0.5, 0.6) is 0 Å². The van der Waals surface area contributed by atoms with Crippen molar-refractivity contribution in [3.05, 3.63) is 89.0 Å². The highest BCUT2D eigenvalue weighted by atomic mass is 32.2. The van der Waals surface area contributed by atoms with Crippen molar-refractivity contribution in [1.82, 2.24) is 0 Å². The van der Waals surface area contributed by atoms with Crippen LogP contribution in [0.2, 0.25) is 0 Å². The molecule has 0 radical (unpaired) electrons. The Bertz CT molecular complexity index is 1350. The fourth-order valence-electron chi connectivity index (χ4n) is 3.34. The standard InChI is InChI=1S/C24H21F3N2O5S/c1-3-29(35(33,34)20-13-4-15(2)21(14-20)23(31)32)19-11-9-18(10-12-19)28-22(30)16-5-7-17(8-6-16)24(25,26)27/h4-14H,3H2,1-2H3,(H,28,30)(H,31,32). The summed E-state index contributed by atoms with van der Waals surface area (Å²) < 4.78 is 65.5. The number of hydrogen-bond acceptors (Lipinski definition) is 4.